The largest absolute Gasteiger partial charge is 0.481 e. The Kier molecular flexibility index (Phi) is 3.96. The minimum atomic E-state index is -0.878. The number of benzene rings is 1. The third-order valence-electron chi connectivity index (χ3n) is 4.25. The van der Waals surface area contributed by atoms with E-state index in [9.17, 15) is 14.7 Å². The van der Waals surface area contributed by atoms with Crippen LogP contribution in [0, 0.1) is 5.41 Å². The van der Waals surface area contributed by atoms with E-state index >= 15 is 0 Å². The number of amides is 2. The summed E-state index contributed by atoms with van der Waals surface area (Å²) < 4.78 is 1.61. The fourth-order valence-electron chi connectivity index (χ4n) is 2.72. The van der Waals surface area contributed by atoms with Crippen molar-refractivity contribution in [3.8, 4) is 11.4 Å². The third-order valence-corrected chi connectivity index (χ3v) is 4.25. The van der Waals surface area contributed by atoms with Gasteiger partial charge in [0, 0.05) is 31.4 Å². The van der Waals surface area contributed by atoms with E-state index in [0.717, 1.165) is 5.56 Å². The number of carboxylic acids is 1. The Labute approximate surface area is 139 Å². The van der Waals surface area contributed by atoms with Gasteiger partial charge in [-0.1, -0.05) is 12.1 Å². The fraction of sp³-hybridized carbons (Fsp3) is 0.375. The first-order chi connectivity index (χ1) is 11.4. The van der Waals surface area contributed by atoms with Crippen LogP contribution < -0.4 is 5.32 Å². The lowest BCUT2D eigenvalue weighted by Gasteiger charge is -2.20. The molecule has 1 fully saturated rings. The van der Waals surface area contributed by atoms with Gasteiger partial charge in [-0.05, 0) is 25.5 Å². The van der Waals surface area contributed by atoms with Gasteiger partial charge in [-0.2, -0.15) is 5.10 Å². The average Bonchev–Trinajstić information content (AvgIpc) is 3.15. The summed E-state index contributed by atoms with van der Waals surface area (Å²) in [6, 6.07) is 6.94. The standard InChI is InChI=1S/C16H19N5O3/c1-16(14(22)23)6-7-21(9-16)15(24)18-12-5-3-4-11(8-12)13-17-10-20(2)19-13/h3-5,8,10H,6-7,9H2,1-2H3,(H,18,24)(H,22,23). The summed E-state index contributed by atoms with van der Waals surface area (Å²) in [5, 5.41) is 16.3. The van der Waals surface area contributed by atoms with Crippen LogP contribution >= 0.6 is 0 Å². The number of nitrogens with zero attached hydrogens (tertiary/aromatic N) is 4. The summed E-state index contributed by atoms with van der Waals surface area (Å²) in [5.41, 5.74) is 0.538. The summed E-state index contributed by atoms with van der Waals surface area (Å²) in [5.74, 6) is -0.297. The predicted octanol–water partition coefficient (Wildman–Crippen LogP) is 1.81. The van der Waals surface area contributed by atoms with Crippen molar-refractivity contribution in [1.82, 2.24) is 19.7 Å². The number of carbonyl (C=O) groups is 2. The number of hydrogen-bond acceptors (Lipinski definition) is 4. The number of nitrogens with one attached hydrogen (secondary N) is 1. The highest BCUT2D eigenvalue weighted by Gasteiger charge is 2.42. The van der Waals surface area contributed by atoms with E-state index in [2.05, 4.69) is 15.4 Å². The van der Waals surface area contributed by atoms with E-state index in [-0.39, 0.29) is 12.6 Å². The van der Waals surface area contributed by atoms with Crippen molar-refractivity contribution >= 4 is 17.7 Å². The first-order valence-corrected chi connectivity index (χ1v) is 7.63. The highest BCUT2D eigenvalue weighted by atomic mass is 16.4. The smallest absolute Gasteiger partial charge is 0.321 e. The van der Waals surface area contributed by atoms with Crippen molar-refractivity contribution in [2.75, 3.05) is 18.4 Å². The summed E-state index contributed by atoms with van der Waals surface area (Å²) in [6.45, 7) is 2.29. The van der Waals surface area contributed by atoms with Gasteiger partial charge in [-0.3, -0.25) is 9.48 Å². The fourth-order valence-corrected chi connectivity index (χ4v) is 2.72. The molecule has 8 nitrogen and oxygen atoms in total. The maximum absolute atomic E-state index is 12.4. The number of carbonyl (C=O) groups excluding carboxylic acids is 1. The zero-order valence-electron chi connectivity index (χ0n) is 13.6. The minimum absolute atomic E-state index is 0.204. The number of rotatable bonds is 3. The highest BCUT2D eigenvalue weighted by molar-refractivity contribution is 5.91. The molecule has 1 saturated heterocycles. The van der Waals surface area contributed by atoms with Crippen LogP contribution in [0.1, 0.15) is 13.3 Å². The Morgan fingerprint density at radius 3 is 2.79 bits per heavy atom. The van der Waals surface area contributed by atoms with Gasteiger partial charge in [-0.15, -0.1) is 0 Å². The summed E-state index contributed by atoms with van der Waals surface area (Å²) in [6.07, 6.45) is 2.06. The Bertz CT molecular complexity index is 788. The maximum Gasteiger partial charge on any atom is 0.321 e. The zero-order valence-corrected chi connectivity index (χ0v) is 13.6. The Balaban J connectivity index is 1.70. The molecule has 1 aromatic heterocycles. The van der Waals surface area contributed by atoms with Gasteiger partial charge in [0.2, 0.25) is 0 Å². The first-order valence-electron chi connectivity index (χ1n) is 7.63. The molecule has 2 heterocycles. The van der Waals surface area contributed by atoms with E-state index in [1.54, 1.807) is 37.1 Å². The number of aryl methyl sites for hydroxylation is 1. The van der Waals surface area contributed by atoms with Gasteiger partial charge in [0.05, 0.1) is 5.41 Å². The molecule has 2 N–H and O–H groups in total. The second kappa shape index (κ2) is 5.95. The van der Waals surface area contributed by atoms with Crippen molar-refractivity contribution in [3.05, 3.63) is 30.6 Å². The quantitative estimate of drug-likeness (QED) is 0.894. The number of anilines is 1. The molecule has 2 aromatic rings. The van der Waals surface area contributed by atoms with Crippen molar-refractivity contribution in [1.29, 1.82) is 0 Å². The molecule has 1 aromatic carbocycles. The van der Waals surface area contributed by atoms with Crippen LogP contribution in [-0.4, -0.2) is 49.9 Å². The van der Waals surface area contributed by atoms with E-state index in [4.69, 9.17) is 0 Å². The van der Waals surface area contributed by atoms with Crippen molar-refractivity contribution in [3.63, 3.8) is 0 Å². The molecule has 0 radical (unpaired) electrons. The summed E-state index contributed by atoms with van der Waals surface area (Å²) >= 11 is 0. The molecule has 126 valence electrons. The first kappa shape index (κ1) is 16.0. The van der Waals surface area contributed by atoms with Crippen LogP contribution in [-0.2, 0) is 11.8 Å². The Hall–Kier alpha value is -2.90. The monoisotopic (exact) mass is 329 g/mol. The van der Waals surface area contributed by atoms with E-state index in [0.29, 0.717) is 24.5 Å². The van der Waals surface area contributed by atoms with E-state index in [1.807, 2.05) is 12.1 Å². The van der Waals surface area contributed by atoms with Crippen LogP contribution in [0.2, 0.25) is 0 Å². The number of carboxylic acid groups (broad SMARTS) is 1. The minimum Gasteiger partial charge on any atom is -0.481 e. The molecule has 3 rings (SSSR count). The summed E-state index contributed by atoms with van der Waals surface area (Å²) in [7, 11) is 1.79. The molecule has 1 aliphatic rings. The number of likely N-dealkylation sites (tertiary alicyclic amines) is 1. The predicted molar refractivity (Wildman–Crippen MR) is 87.4 cm³/mol. The van der Waals surface area contributed by atoms with Gasteiger partial charge in [-0.25, -0.2) is 9.78 Å². The van der Waals surface area contributed by atoms with Gasteiger partial charge >= 0.3 is 12.0 Å². The number of hydrogen-bond donors (Lipinski definition) is 2. The molecule has 1 atom stereocenters. The third kappa shape index (κ3) is 3.08. The van der Waals surface area contributed by atoms with Crippen LogP contribution in [0.3, 0.4) is 0 Å². The van der Waals surface area contributed by atoms with Gasteiger partial charge in [0.25, 0.3) is 0 Å². The van der Waals surface area contributed by atoms with Crippen LogP contribution in [0.15, 0.2) is 30.6 Å². The molecular formula is C16H19N5O3. The molecule has 0 saturated carbocycles. The molecule has 1 unspecified atom stereocenters. The van der Waals surface area contributed by atoms with E-state index in [1.165, 1.54) is 4.90 Å². The second-order valence-electron chi connectivity index (χ2n) is 6.29. The van der Waals surface area contributed by atoms with Crippen LogP contribution in [0.4, 0.5) is 10.5 Å². The lowest BCUT2D eigenvalue weighted by atomic mass is 9.90. The number of urea groups is 1. The average molecular weight is 329 g/mol. The maximum atomic E-state index is 12.4. The Morgan fingerprint density at radius 2 is 2.17 bits per heavy atom. The van der Waals surface area contributed by atoms with Gasteiger partial charge < -0.3 is 15.3 Å². The molecule has 0 spiro atoms. The molecule has 24 heavy (non-hydrogen) atoms. The van der Waals surface area contributed by atoms with Crippen molar-refractivity contribution in [2.45, 2.75) is 13.3 Å². The van der Waals surface area contributed by atoms with Crippen LogP contribution in [0.25, 0.3) is 11.4 Å². The van der Waals surface area contributed by atoms with E-state index < -0.39 is 11.4 Å². The molecule has 0 aliphatic carbocycles. The zero-order chi connectivity index (χ0) is 17.3. The van der Waals surface area contributed by atoms with Crippen molar-refractivity contribution in [2.24, 2.45) is 12.5 Å². The molecule has 8 heteroatoms. The molecule has 0 bridgehead atoms. The van der Waals surface area contributed by atoms with Gasteiger partial charge in [0.15, 0.2) is 5.82 Å². The summed E-state index contributed by atoms with van der Waals surface area (Å²) in [4.78, 5) is 29.4. The number of aliphatic carboxylic acids is 1. The Morgan fingerprint density at radius 1 is 1.38 bits per heavy atom. The molecule has 2 amide bonds. The highest BCUT2D eigenvalue weighted by Crippen LogP contribution is 2.30. The second-order valence-corrected chi connectivity index (χ2v) is 6.29. The normalized spacial score (nSPS) is 20.2. The van der Waals surface area contributed by atoms with Gasteiger partial charge in [0.1, 0.15) is 6.33 Å². The number of aromatic nitrogens is 3. The lowest BCUT2D eigenvalue weighted by Crippen LogP contribution is -2.37. The lowest BCUT2D eigenvalue weighted by molar-refractivity contribution is -0.146. The van der Waals surface area contributed by atoms with Crippen LogP contribution in [0.5, 0.6) is 0 Å². The SMILES string of the molecule is Cn1cnc(-c2cccc(NC(=O)N3CCC(C)(C(=O)O)C3)c2)n1. The molecule has 1 aliphatic heterocycles. The van der Waals surface area contributed by atoms with Crippen molar-refractivity contribution < 1.29 is 14.7 Å². The molecular weight excluding hydrogens is 310 g/mol. The topological polar surface area (TPSA) is 100 Å².